The average molecular weight is 325 g/mol. The van der Waals surface area contributed by atoms with Crippen molar-refractivity contribution in [2.45, 2.75) is 45.5 Å². The Hall–Kier alpha value is -2.14. The zero-order chi connectivity index (χ0) is 17.3. The standard InChI is InChI=1S/C13H19N5O5/c1-5(19)10(22)8-4-14-9-11(16-8)18(7(3)21)13(15-6(2)20)17-12(9)23/h4-5,10,12-13,17,19,22-23H,1-3H3,(H,15,20). The van der Waals surface area contributed by atoms with E-state index < -0.39 is 36.5 Å². The van der Waals surface area contributed by atoms with Gasteiger partial charge in [0.05, 0.1) is 18.0 Å². The van der Waals surface area contributed by atoms with Crippen LogP contribution in [0.5, 0.6) is 0 Å². The number of rotatable bonds is 3. The van der Waals surface area contributed by atoms with E-state index in [0.29, 0.717) is 0 Å². The third kappa shape index (κ3) is 3.45. The molecule has 23 heavy (non-hydrogen) atoms. The molecule has 5 N–H and O–H groups in total. The number of fused-ring (bicyclic) bond motifs is 1. The molecule has 2 rings (SSSR count). The van der Waals surface area contributed by atoms with E-state index in [1.54, 1.807) is 0 Å². The second-order valence-corrected chi connectivity index (χ2v) is 5.25. The quantitative estimate of drug-likeness (QED) is 0.440. The van der Waals surface area contributed by atoms with Gasteiger partial charge in [0.1, 0.15) is 11.8 Å². The highest BCUT2D eigenvalue weighted by molar-refractivity contribution is 5.92. The lowest BCUT2D eigenvalue weighted by atomic mass is 10.1. The fraction of sp³-hybridized carbons (Fsp3) is 0.538. The molecule has 0 fully saturated rings. The Bertz CT molecular complexity index is 623. The summed E-state index contributed by atoms with van der Waals surface area (Å²) in [6, 6.07) is 0. The van der Waals surface area contributed by atoms with Crippen molar-refractivity contribution < 1.29 is 24.9 Å². The zero-order valence-corrected chi connectivity index (χ0v) is 12.9. The molecule has 1 aliphatic rings. The Kier molecular flexibility index (Phi) is 4.90. The number of amides is 2. The summed E-state index contributed by atoms with van der Waals surface area (Å²) in [5.74, 6) is -0.875. The maximum absolute atomic E-state index is 11.9. The number of hydrogen-bond donors (Lipinski definition) is 5. The minimum absolute atomic E-state index is 0.000278. The summed E-state index contributed by atoms with van der Waals surface area (Å²) < 4.78 is 0. The van der Waals surface area contributed by atoms with Gasteiger partial charge in [-0.05, 0) is 6.92 Å². The largest absolute Gasteiger partial charge is 0.390 e. The van der Waals surface area contributed by atoms with Gasteiger partial charge in [0.2, 0.25) is 11.8 Å². The predicted molar refractivity (Wildman–Crippen MR) is 77.5 cm³/mol. The molecule has 4 atom stereocenters. The first-order chi connectivity index (χ1) is 10.7. The predicted octanol–water partition coefficient (Wildman–Crippen LogP) is -1.74. The fourth-order valence-corrected chi connectivity index (χ4v) is 2.22. The first-order valence-electron chi connectivity index (χ1n) is 6.96. The highest BCUT2D eigenvalue weighted by atomic mass is 16.3. The molecular weight excluding hydrogens is 306 g/mol. The maximum Gasteiger partial charge on any atom is 0.227 e. The van der Waals surface area contributed by atoms with Crippen LogP contribution in [0.3, 0.4) is 0 Å². The second-order valence-electron chi connectivity index (χ2n) is 5.25. The van der Waals surface area contributed by atoms with Crippen molar-refractivity contribution in [3.8, 4) is 0 Å². The van der Waals surface area contributed by atoms with Crippen LogP contribution in [0.2, 0.25) is 0 Å². The number of carbonyl (C=O) groups excluding carboxylic acids is 2. The molecule has 0 saturated carbocycles. The molecule has 1 aromatic rings. The van der Waals surface area contributed by atoms with E-state index in [2.05, 4.69) is 20.6 Å². The van der Waals surface area contributed by atoms with Crippen LogP contribution in [-0.4, -0.2) is 49.5 Å². The van der Waals surface area contributed by atoms with Gasteiger partial charge in [0.15, 0.2) is 18.3 Å². The van der Waals surface area contributed by atoms with Gasteiger partial charge < -0.3 is 20.6 Å². The van der Waals surface area contributed by atoms with Crippen LogP contribution >= 0.6 is 0 Å². The Morgan fingerprint density at radius 1 is 1.39 bits per heavy atom. The molecule has 0 bridgehead atoms. The maximum atomic E-state index is 11.9. The van der Waals surface area contributed by atoms with Crippen molar-refractivity contribution in [1.29, 1.82) is 0 Å². The number of aromatic nitrogens is 2. The lowest BCUT2D eigenvalue weighted by molar-refractivity contribution is -0.121. The summed E-state index contributed by atoms with van der Waals surface area (Å²) in [6.07, 6.45) is -3.46. The van der Waals surface area contributed by atoms with Gasteiger partial charge in [0.25, 0.3) is 0 Å². The third-order valence-corrected chi connectivity index (χ3v) is 3.30. The molecule has 0 aromatic carbocycles. The molecule has 126 valence electrons. The van der Waals surface area contributed by atoms with Crippen LogP contribution in [0.1, 0.15) is 44.5 Å². The molecular formula is C13H19N5O5. The summed E-state index contributed by atoms with van der Waals surface area (Å²) >= 11 is 0. The van der Waals surface area contributed by atoms with Crippen LogP contribution in [0.4, 0.5) is 5.82 Å². The molecule has 4 unspecified atom stereocenters. The number of nitrogens with one attached hydrogen (secondary N) is 2. The monoisotopic (exact) mass is 325 g/mol. The van der Waals surface area contributed by atoms with Crippen LogP contribution in [-0.2, 0) is 9.59 Å². The van der Waals surface area contributed by atoms with Crippen molar-refractivity contribution in [1.82, 2.24) is 20.6 Å². The molecule has 10 nitrogen and oxygen atoms in total. The number of aliphatic hydroxyl groups excluding tert-OH is 3. The van der Waals surface area contributed by atoms with Crippen LogP contribution < -0.4 is 15.5 Å². The summed E-state index contributed by atoms with van der Waals surface area (Å²) in [5.41, 5.74) is 0.115. The van der Waals surface area contributed by atoms with Gasteiger partial charge in [0, 0.05) is 13.8 Å². The first-order valence-corrected chi connectivity index (χ1v) is 6.96. The fourth-order valence-electron chi connectivity index (χ4n) is 2.22. The molecule has 2 heterocycles. The lowest BCUT2D eigenvalue weighted by Gasteiger charge is -2.38. The SMILES string of the molecule is CC(=O)NC1NC(O)c2ncc(C(O)C(C)O)nc2N1C(C)=O. The van der Waals surface area contributed by atoms with Crippen LogP contribution in [0, 0.1) is 0 Å². The smallest absolute Gasteiger partial charge is 0.227 e. The second kappa shape index (κ2) is 6.54. The van der Waals surface area contributed by atoms with E-state index in [4.69, 9.17) is 0 Å². The third-order valence-electron chi connectivity index (χ3n) is 3.30. The Morgan fingerprint density at radius 3 is 2.57 bits per heavy atom. The first kappa shape index (κ1) is 17.2. The highest BCUT2D eigenvalue weighted by Crippen LogP contribution is 2.29. The number of hydrogen-bond acceptors (Lipinski definition) is 8. The molecule has 2 amide bonds. The van der Waals surface area contributed by atoms with E-state index in [9.17, 15) is 24.9 Å². The van der Waals surface area contributed by atoms with Crippen LogP contribution in [0.25, 0.3) is 0 Å². The number of nitrogens with zero attached hydrogens (tertiary/aromatic N) is 3. The molecule has 0 spiro atoms. The van der Waals surface area contributed by atoms with E-state index in [1.165, 1.54) is 27.0 Å². The minimum Gasteiger partial charge on any atom is -0.390 e. The van der Waals surface area contributed by atoms with E-state index in [0.717, 1.165) is 4.90 Å². The molecule has 0 aliphatic carbocycles. The summed E-state index contributed by atoms with van der Waals surface area (Å²) in [7, 11) is 0. The normalized spacial score (nSPS) is 23.0. The molecule has 1 aromatic heterocycles. The summed E-state index contributed by atoms with van der Waals surface area (Å²) in [6.45, 7) is 3.91. The Labute approximate surface area is 132 Å². The lowest BCUT2D eigenvalue weighted by Crippen LogP contribution is -2.62. The number of anilines is 1. The van der Waals surface area contributed by atoms with Gasteiger partial charge in [-0.2, -0.15) is 0 Å². The van der Waals surface area contributed by atoms with E-state index in [1.807, 2.05) is 0 Å². The van der Waals surface area contributed by atoms with E-state index in [-0.39, 0.29) is 17.2 Å². The van der Waals surface area contributed by atoms with Gasteiger partial charge in [-0.3, -0.25) is 19.5 Å². The topological polar surface area (TPSA) is 148 Å². The summed E-state index contributed by atoms with van der Waals surface area (Å²) in [4.78, 5) is 32.5. The van der Waals surface area contributed by atoms with Crippen LogP contribution in [0.15, 0.2) is 6.20 Å². The van der Waals surface area contributed by atoms with Crippen molar-refractivity contribution in [3.63, 3.8) is 0 Å². The van der Waals surface area contributed by atoms with Crippen molar-refractivity contribution >= 4 is 17.6 Å². The zero-order valence-electron chi connectivity index (χ0n) is 12.9. The molecule has 1 aliphatic heterocycles. The van der Waals surface area contributed by atoms with Crippen molar-refractivity contribution in [2.75, 3.05) is 4.90 Å². The highest BCUT2D eigenvalue weighted by Gasteiger charge is 2.37. The van der Waals surface area contributed by atoms with Crippen molar-refractivity contribution in [3.05, 3.63) is 17.6 Å². The van der Waals surface area contributed by atoms with Gasteiger partial charge in [-0.1, -0.05) is 0 Å². The van der Waals surface area contributed by atoms with Gasteiger partial charge in [-0.15, -0.1) is 0 Å². The van der Waals surface area contributed by atoms with E-state index >= 15 is 0 Å². The molecule has 10 heteroatoms. The summed E-state index contributed by atoms with van der Waals surface area (Å²) in [5, 5.41) is 34.5. The van der Waals surface area contributed by atoms with Gasteiger partial charge in [-0.25, -0.2) is 10.3 Å². The van der Waals surface area contributed by atoms with Crippen molar-refractivity contribution in [2.24, 2.45) is 0 Å². The Morgan fingerprint density at radius 2 is 2.04 bits per heavy atom. The average Bonchev–Trinajstić information content (AvgIpc) is 2.44. The minimum atomic E-state index is -1.30. The number of aliphatic hydroxyl groups is 3. The Balaban J connectivity index is 2.50. The molecule has 0 saturated heterocycles. The number of carbonyl (C=O) groups is 2. The van der Waals surface area contributed by atoms with Gasteiger partial charge >= 0.3 is 0 Å². The molecule has 0 radical (unpaired) electrons.